The van der Waals surface area contributed by atoms with Gasteiger partial charge < -0.3 is 19.0 Å². The Kier molecular flexibility index (Phi) is 5.42. The van der Waals surface area contributed by atoms with E-state index in [1.54, 1.807) is 0 Å². The fourth-order valence-electron chi connectivity index (χ4n) is 5.29. The Morgan fingerprint density at radius 1 is 1.00 bits per heavy atom. The Balaban J connectivity index is 0.996. The number of carbonyl (C=O) groups excluding carboxylic acids is 1. The SMILES string of the molecule is O=C(C1CCN(c2nc3ccccc3o2)CC1)N1CCN(Cc2ccc3c(c2)CCO3)CC1. The van der Waals surface area contributed by atoms with Crippen LogP contribution in [0.25, 0.3) is 11.1 Å². The van der Waals surface area contributed by atoms with E-state index in [1.807, 2.05) is 24.3 Å². The van der Waals surface area contributed by atoms with Gasteiger partial charge in [-0.1, -0.05) is 24.3 Å². The van der Waals surface area contributed by atoms with E-state index in [9.17, 15) is 4.79 Å². The minimum absolute atomic E-state index is 0.105. The van der Waals surface area contributed by atoms with Gasteiger partial charge in [0.15, 0.2) is 5.58 Å². The Hall–Kier alpha value is -3.06. The number of aromatic nitrogens is 1. The van der Waals surface area contributed by atoms with Gasteiger partial charge in [-0.25, -0.2) is 0 Å². The van der Waals surface area contributed by atoms with Gasteiger partial charge >= 0.3 is 0 Å². The molecule has 3 aromatic rings. The first-order valence-corrected chi connectivity index (χ1v) is 12.1. The Labute approximate surface area is 193 Å². The number of nitrogens with zero attached hydrogens (tertiary/aromatic N) is 4. The van der Waals surface area contributed by atoms with E-state index in [0.29, 0.717) is 11.9 Å². The molecule has 7 nitrogen and oxygen atoms in total. The zero-order chi connectivity index (χ0) is 22.2. The van der Waals surface area contributed by atoms with E-state index < -0.39 is 0 Å². The molecule has 0 bridgehead atoms. The van der Waals surface area contributed by atoms with Crippen molar-refractivity contribution >= 4 is 23.0 Å². The van der Waals surface area contributed by atoms with Gasteiger partial charge in [0.05, 0.1) is 6.61 Å². The molecule has 2 aromatic carbocycles. The number of para-hydroxylation sites is 2. The third-order valence-corrected chi connectivity index (χ3v) is 7.24. The predicted molar refractivity (Wildman–Crippen MR) is 126 cm³/mol. The molecule has 0 saturated carbocycles. The standard InChI is InChI=1S/C26H30N4O3/c31-25(20-7-10-30(11-8-20)26-27-22-3-1-2-4-24(22)33-26)29-14-12-28(13-15-29)18-19-5-6-23-21(17-19)9-16-32-23/h1-6,17,20H,7-16,18H2. The van der Waals surface area contributed by atoms with E-state index in [1.165, 1.54) is 11.1 Å². The van der Waals surface area contributed by atoms with Crippen LogP contribution in [-0.2, 0) is 17.8 Å². The lowest BCUT2D eigenvalue weighted by Crippen LogP contribution is -2.51. The van der Waals surface area contributed by atoms with Gasteiger partial charge in [-0.3, -0.25) is 9.69 Å². The minimum Gasteiger partial charge on any atom is -0.493 e. The van der Waals surface area contributed by atoms with Crippen molar-refractivity contribution in [3.8, 4) is 5.75 Å². The maximum absolute atomic E-state index is 13.2. The highest BCUT2D eigenvalue weighted by molar-refractivity contribution is 5.79. The van der Waals surface area contributed by atoms with E-state index in [4.69, 9.17) is 9.15 Å². The van der Waals surface area contributed by atoms with Crippen molar-refractivity contribution in [1.82, 2.24) is 14.8 Å². The normalized spacial score (nSPS) is 19.6. The summed E-state index contributed by atoms with van der Waals surface area (Å²) in [4.78, 5) is 24.5. The smallest absolute Gasteiger partial charge is 0.298 e. The molecule has 1 aromatic heterocycles. The summed E-state index contributed by atoms with van der Waals surface area (Å²) in [6.45, 7) is 6.86. The van der Waals surface area contributed by atoms with Crippen LogP contribution in [0.15, 0.2) is 46.9 Å². The van der Waals surface area contributed by atoms with E-state index in [0.717, 1.165) is 88.5 Å². The zero-order valence-corrected chi connectivity index (χ0v) is 18.9. The summed E-state index contributed by atoms with van der Waals surface area (Å²) in [5.41, 5.74) is 4.37. The minimum atomic E-state index is 0.105. The molecule has 0 radical (unpaired) electrons. The maximum atomic E-state index is 13.2. The summed E-state index contributed by atoms with van der Waals surface area (Å²) in [6, 6.07) is 15.1. The van der Waals surface area contributed by atoms with Gasteiger partial charge in [-0.05, 0) is 42.2 Å². The molecule has 0 N–H and O–H groups in total. The number of anilines is 1. The largest absolute Gasteiger partial charge is 0.493 e. The highest BCUT2D eigenvalue weighted by atomic mass is 16.5. The monoisotopic (exact) mass is 446 g/mol. The summed E-state index contributed by atoms with van der Waals surface area (Å²) < 4.78 is 11.5. The molecule has 1 amide bonds. The van der Waals surface area contributed by atoms with Crippen LogP contribution in [0, 0.1) is 5.92 Å². The molecule has 4 heterocycles. The molecule has 7 heteroatoms. The number of amides is 1. The van der Waals surface area contributed by atoms with Crippen molar-refractivity contribution in [2.24, 2.45) is 5.92 Å². The lowest BCUT2D eigenvalue weighted by Gasteiger charge is -2.38. The third-order valence-electron chi connectivity index (χ3n) is 7.24. The zero-order valence-electron chi connectivity index (χ0n) is 18.9. The highest BCUT2D eigenvalue weighted by Gasteiger charge is 2.31. The molecule has 3 aliphatic heterocycles. The van der Waals surface area contributed by atoms with E-state index in [2.05, 4.69) is 37.9 Å². The summed E-state index contributed by atoms with van der Waals surface area (Å²) in [5.74, 6) is 1.46. The van der Waals surface area contributed by atoms with Crippen molar-refractivity contribution in [2.75, 3.05) is 50.8 Å². The predicted octanol–water partition coefficient (Wildman–Crippen LogP) is 3.32. The van der Waals surface area contributed by atoms with Crippen molar-refractivity contribution in [3.05, 3.63) is 53.6 Å². The quantitative estimate of drug-likeness (QED) is 0.613. The third kappa shape index (κ3) is 4.17. The van der Waals surface area contributed by atoms with Gasteiger partial charge in [0.2, 0.25) is 5.91 Å². The van der Waals surface area contributed by atoms with Gasteiger partial charge in [-0.15, -0.1) is 0 Å². The van der Waals surface area contributed by atoms with Gasteiger partial charge in [0.1, 0.15) is 11.3 Å². The van der Waals surface area contributed by atoms with Gasteiger partial charge in [0, 0.05) is 58.2 Å². The molecular formula is C26H30N4O3. The fraction of sp³-hybridized carbons (Fsp3) is 0.462. The lowest BCUT2D eigenvalue weighted by molar-refractivity contribution is -0.138. The van der Waals surface area contributed by atoms with Crippen LogP contribution in [-0.4, -0.2) is 66.6 Å². The number of hydrogen-bond acceptors (Lipinski definition) is 6. The molecule has 0 aliphatic carbocycles. The first kappa shape index (κ1) is 20.5. The Bertz CT molecular complexity index is 1110. The summed E-state index contributed by atoms with van der Waals surface area (Å²) in [5, 5.41) is 0. The molecule has 2 fully saturated rings. The molecule has 0 atom stereocenters. The summed E-state index contributed by atoms with van der Waals surface area (Å²) in [7, 11) is 0. The van der Waals surface area contributed by atoms with Crippen LogP contribution in [0.3, 0.4) is 0 Å². The second kappa shape index (κ2) is 8.71. The van der Waals surface area contributed by atoms with Crippen molar-refractivity contribution in [2.45, 2.75) is 25.8 Å². The lowest BCUT2D eigenvalue weighted by atomic mass is 9.95. The molecule has 2 saturated heterocycles. The van der Waals surface area contributed by atoms with Crippen LogP contribution < -0.4 is 9.64 Å². The van der Waals surface area contributed by atoms with Crippen molar-refractivity contribution in [3.63, 3.8) is 0 Å². The van der Waals surface area contributed by atoms with Gasteiger partial charge in [-0.2, -0.15) is 4.98 Å². The number of benzene rings is 2. The molecule has 3 aliphatic rings. The first-order valence-electron chi connectivity index (χ1n) is 12.1. The molecule has 0 unspecified atom stereocenters. The number of carbonyl (C=O) groups is 1. The molecule has 33 heavy (non-hydrogen) atoms. The average molecular weight is 447 g/mol. The highest BCUT2D eigenvalue weighted by Crippen LogP contribution is 2.28. The fourth-order valence-corrected chi connectivity index (χ4v) is 5.29. The number of fused-ring (bicyclic) bond motifs is 2. The molecule has 6 rings (SSSR count). The van der Waals surface area contributed by atoms with Crippen LogP contribution in [0.2, 0.25) is 0 Å². The number of piperazine rings is 1. The second-order valence-corrected chi connectivity index (χ2v) is 9.37. The average Bonchev–Trinajstić information content (AvgIpc) is 3.51. The second-order valence-electron chi connectivity index (χ2n) is 9.37. The van der Waals surface area contributed by atoms with Crippen molar-refractivity contribution in [1.29, 1.82) is 0 Å². The van der Waals surface area contributed by atoms with Crippen molar-refractivity contribution < 1.29 is 13.9 Å². The number of oxazole rings is 1. The number of rotatable bonds is 4. The maximum Gasteiger partial charge on any atom is 0.298 e. The molecule has 0 spiro atoms. The van der Waals surface area contributed by atoms with Crippen LogP contribution in [0.1, 0.15) is 24.0 Å². The summed E-state index contributed by atoms with van der Waals surface area (Å²) in [6.07, 6.45) is 2.72. The first-order chi connectivity index (χ1) is 16.2. The Morgan fingerprint density at radius 3 is 2.64 bits per heavy atom. The number of hydrogen-bond donors (Lipinski definition) is 0. The molecule has 172 valence electrons. The summed E-state index contributed by atoms with van der Waals surface area (Å²) >= 11 is 0. The van der Waals surface area contributed by atoms with Crippen LogP contribution >= 0.6 is 0 Å². The number of piperidine rings is 1. The van der Waals surface area contributed by atoms with E-state index >= 15 is 0 Å². The Morgan fingerprint density at radius 2 is 1.82 bits per heavy atom. The topological polar surface area (TPSA) is 62.1 Å². The molecular weight excluding hydrogens is 416 g/mol. The number of ether oxygens (including phenoxy) is 1. The van der Waals surface area contributed by atoms with E-state index in [-0.39, 0.29) is 5.92 Å². The van der Waals surface area contributed by atoms with Crippen LogP contribution in [0.4, 0.5) is 6.01 Å². The van der Waals surface area contributed by atoms with Crippen LogP contribution in [0.5, 0.6) is 5.75 Å². The van der Waals surface area contributed by atoms with Gasteiger partial charge in [0.25, 0.3) is 6.01 Å².